The van der Waals surface area contributed by atoms with E-state index < -0.39 is 0 Å². The molecule has 0 fully saturated rings. The Kier molecular flexibility index (Phi) is 5.69. The maximum absolute atomic E-state index is 11.7. The zero-order chi connectivity index (χ0) is 13.6. The van der Waals surface area contributed by atoms with Gasteiger partial charge in [0.1, 0.15) is 0 Å². The molecule has 0 atom stereocenters. The third-order valence-electron chi connectivity index (χ3n) is 2.64. The molecule has 4 heteroatoms. The summed E-state index contributed by atoms with van der Waals surface area (Å²) in [6.07, 6.45) is 0. The SMILES string of the molecule is Cc1ccccc1SCC(=O)NCC(C)(C)CO. The van der Waals surface area contributed by atoms with Gasteiger partial charge >= 0.3 is 0 Å². The monoisotopic (exact) mass is 267 g/mol. The minimum Gasteiger partial charge on any atom is -0.396 e. The van der Waals surface area contributed by atoms with Crippen LogP contribution in [0.15, 0.2) is 29.2 Å². The van der Waals surface area contributed by atoms with Crippen molar-refractivity contribution < 1.29 is 9.90 Å². The van der Waals surface area contributed by atoms with Gasteiger partial charge in [-0.05, 0) is 18.6 Å². The Balaban J connectivity index is 2.36. The first-order valence-electron chi connectivity index (χ1n) is 6.00. The van der Waals surface area contributed by atoms with Gasteiger partial charge in [0.2, 0.25) is 5.91 Å². The highest BCUT2D eigenvalue weighted by molar-refractivity contribution is 8.00. The van der Waals surface area contributed by atoms with Crippen LogP contribution in [0.5, 0.6) is 0 Å². The van der Waals surface area contributed by atoms with Crippen LogP contribution in [-0.2, 0) is 4.79 Å². The van der Waals surface area contributed by atoms with Crippen LogP contribution in [0.1, 0.15) is 19.4 Å². The van der Waals surface area contributed by atoms with Crippen molar-refractivity contribution in [3.63, 3.8) is 0 Å². The Bertz CT molecular complexity index is 405. The van der Waals surface area contributed by atoms with Crippen LogP contribution in [0.4, 0.5) is 0 Å². The lowest BCUT2D eigenvalue weighted by atomic mass is 9.95. The fourth-order valence-corrected chi connectivity index (χ4v) is 2.17. The number of nitrogens with one attached hydrogen (secondary N) is 1. The molecule has 0 aromatic heterocycles. The first kappa shape index (κ1) is 15.1. The molecule has 0 saturated heterocycles. The smallest absolute Gasteiger partial charge is 0.230 e. The Morgan fingerprint density at radius 2 is 2.06 bits per heavy atom. The van der Waals surface area contributed by atoms with Gasteiger partial charge < -0.3 is 10.4 Å². The summed E-state index contributed by atoms with van der Waals surface area (Å²) in [5, 5.41) is 11.9. The van der Waals surface area contributed by atoms with Crippen LogP contribution >= 0.6 is 11.8 Å². The zero-order valence-corrected chi connectivity index (χ0v) is 12.0. The minimum atomic E-state index is -0.261. The normalized spacial score (nSPS) is 11.3. The van der Waals surface area contributed by atoms with Crippen LogP contribution in [0.25, 0.3) is 0 Å². The van der Waals surface area contributed by atoms with Gasteiger partial charge in [-0.15, -0.1) is 11.8 Å². The Labute approximate surface area is 113 Å². The van der Waals surface area contributed by atoms with E-state index >= 15 is 0 Å². The van der Waals surface area contributed by atoms with Gasteiger partial charge in [0.25, 0.3) is 0 Å². The lowest BCUT2D eigenvalue weighted by Gasteiger charge is -2.21. The van der Waals surface area contributed by atoms with E-state index in [9.17, 15) is 4.79 Å². The topological polar surface area (TPSA) is 49.3 Å². The highest BCUT2D eigenvalue weighted by atomic mass is 32.2. The molecule has 0 spiro atoms. The molecule has 18 heavy (non-hydrogen) atoms. The number of carbonyl (C=O) groups excluding carboxylic acids is 1. The Hall–Kier alpha value is -1.00. The summed E-state index contributed by atoms with van der Waals surface area (Å²) in [7, 11) is 0. The molecule has 1 aromatic rings. The number of hydrogen-bond acceptors (Lipinski definition) is 3. The predicted octanol–water partition coefficient (Wildman–Crippen LogP) is 2.22. The first-order valence-corrected chi connectivity index (χ1v) is 6.99. The number of aliphatic hydroxyl groups excluding tert-OH is 1. The molecule has 0 aliphatic rings. The van der Waals surface area contributed by atoms with Crippen LogP contribution < -0.4 is 5.32 Å². The molecular formula is C14H21NO2S. The van der Waals surface area contributed by atoms with E-state index in [0.29, 0.717) is 12.3 Å². The first-order chi connectivity index (χ1) is 8.44. The number of benzene rings is 1. The largest absolute Gasteiger partial charge is 0.396 e. The molecule has 0 heterocycles. The molecule has 1 rings (SSSR count). The van der Waals surface area contributed by atoms with Crippen molar-refractivity contribution in [2.24, 2.45) is 5.41 Å². The summed E-state index contributed by atoms with van der Waals surface area (Å²) >= 11 is 1.54. The average molecular weight is 267 g/mol. The quantitative estimate of drug-likeness (QED) is 0.777. The summed E-state index contributed by atoms with van der Waals surface area (Å²) in [5.41, 5.74) is 0.925. The van der Waals surface area contributed by atoms with Gasteiger partial charge in [-0.3, -0.25) is 4.79 Å². The Morgan fingerprint density at radius 1 is 1.39 bits per heavy atom. The van der Waals surface area contributed by atoms with Crippen LogP contribution in [-0.4, -0.2) is 29.9 Å². The molecule has 1 aromatic carbocycles. The van der Waals surface area contributed by atoms with Crippen molar-refractivity contribution in [3.05, 3.63) is 29.8 Å². The highest BCUT2D eigenvalue weighted by Crippen LogP contribution is 2.21. The molecule has 3 nitrogen and oxygen atoms in total. The third kappa shape index (κ3) is 5.10. The molecule has 0 bridgehead atoms. The van der Waals surface area contributed by atoms with E-state index in [2.05, 4.69) is 5.32 Å². The molecule has 0 aliphatic heterocycles. The molecule has 1 amide bonds. The number of rotatable bonds is 6. The molecule has 0 aliphatic carbocycles. The number of carbonyl (C=O) groups is 1. The summed E-state index contributed by atoms with van der Waals surface area (Å²) in [5.74, 6) is 0.414. The van der Waals surface area contributed by atoms with Crippen molar-refractivity contribution in [2.75, 3.05) is 18.9 Å². The van der Waals surface area contributed by atoms with Gasteiger partial charge in [-0.25, -0.2) is 0 Å². The summed E-state index contributed by atoms with van der Waals surface area (Å²) in [6, 6.07) is 8.02. The van der Waals surface area contributed by atoms with E-state index in [-0.39, 0.29) is 17.9 Å². The molecule has 0 radical (unpaired) electrons. The predicted molar refractivity (Wildman–Crippen MR) is 75.8 cm³/mol. The second-order valence-corrected chi connectivity index (χ2v) is 6.17. The molecule has 0 saturated carbocycles. The van der Waals surface area contributed by atoms with Crippen LogP contribution in [0, 0.1) is 12.3 Å². The number of thioether (sulfide) groups is 1. The van der Waals surface area contributed by atoms with Crippen LogP contribution in [0.2, 0.25) is 0 Å². The maximum atomic E-state index is 11.7. The fraction of sp³-hybridized carbons (Fsp3) is 0.500. The number of aliphatic hydroxyl groups is 1. The maximum Gasteiger partial charge on any atom is 0.230 e. The van der Waals surface area contributed by atoms with Gasteiger partial charge in [0.15, 0.2) is 0 Å². The molecular weight excluding hydrogens is 246 g/mol. The van der Waals surface area contributed by atoms with E-state index in [1.807, 2.05) is 45.0 Å². The minimum absolute atomic E-state index is 0.00442. The van der Waals surface area contributed by atoms with Crippen molar-refractivity contribution in [2.45, 2.75) is 25.7 Å². The Morgan fingerprint density at radius 3 is 2.67 bits per heavy atom. The zero-order valence-electron chi connectivity index (χ0n) is 11.2. The lowest BCUT2D eigenvalue weighted by molar-refractivity contribution is -0.119. The van der Waals surface area contributed by atoms with E-state index in [4.69, 9.17) is 5.11 Å². The third-order valence-corrected chi connectivity index (χ3v) is 3.82. The van der Waals surface area contributed by atoms with Gasteiger partial charge in [-0.1, -0.05) is 32.0 Å². The van der Waals surface area contributed by atoms with Crippen molar-refractivity contribution in [3.8, 4) is 0 Å². The fourth-order valence-electron chi connectivity index (χ4n) is 1.31. The molecule has 0 unspecified atom stereocenters. The van der Waals surface area contributed by atoms with E-state index in [0.717, 1.165) is 4.90 Å². The van der Waals surface area contributed by atoms with Crippen molar-refractivity contribution in [1.82, 2.24) is 5.32 Å². The van der Waals surface area contributed by atoms with Crippen molar-refractivity contribution >= 4 is 17.7 Å². The summed E-state index contributed by atoms with van der Waals surface area (Å²) in [4.78, 5) is 12.8. The van der Waals surface area contributed by atoms with Crippen molar-refractivity contribution in [1.29, 1.82) is 0 Å². The molecule has 100 valence electrons. The van der Waals surface area contributed by atoms with E-state index in [1.165, 1.54) is 17.3 Å². The number of amides is 1. The highest BCUT2D eigenvalue weighted by Gasteiger charge is 2.17. The summed E-state index contributed by atoms with van der Waals surface area (Å²) in [6.45, 7) is 6.44. The average Bonchev–Trinajstić information content (AvgIpc) is 2.35. The lowest BCUT2D eigenvalue weighted by Crippen LogP contribution is -2.36. The number of hydrogen-bond donors (Lipinski definition) is 2. The van der Waals surface area contributed by atoms with Gasteiger partial charge in [-0.2, -0.15) is 0 Å². The second-order valence-electron chi connectivity index (χ2n) is 5.15. The van der Waals surface area contributed by atoms with E-state index in [1.54, 1.807) is 0 Å². The number of aryl methyl sites for hydroxylation is 1. The van der Waals surface area contributed by atoms with Crippen LogP contribution in [0.3, 0.4) is 0 Å². The molecule has 2 N–H and O–H groups in total. The second kappa shape index (κ2) is 6.81. The standard InChI is InChI=1S/C14H21NO2S/c1-11-6-4-5-7-12(11)18-8-13(17)15-9-14(2,3)10-16/h4-7,16H,8-10H2,1-3H3,(H,15,17). The van der Waals surface area contributed by atoms with Gasteiger partial charge in [0.05, 0.1) is 5.75 Å². The van der Waals surface area contributed by atoms with Gasteiger partial charge in [0, 0.05) is 23.5 Å². The summed E-state index contributed by atoms with van der Waals surface area (Å²) < 4.78 is 0.